The number of morpholine rings is 1. The number of rotatable bonds is 6. The second-order valence-electron chi connectivity index (χ2n) is 6.07. The van der Waals surface area contributed by atoms with E-state index in [1.165, 1.54) is 0 Å². The average molecular weight is 457 g/mol. The van der Waals surface area contributed by atoms with Crippen LogP contribution in [0.2, 0.25) is 0 Å². The van der Waals surface area contributed by atoms with E-state index in [1.54, 1.807) is 24.3 Å². The Hall–Kier alpha value is -1.48. The van der Waals surface area contributed by atoms with Crippen molar-refractivity contribution in [2.75, 3.05) is 31.6 Å². The molecule has 27 heavy (non-hydrogen) atoms. The molecule has 1 saturated heterocycles. The van der Waals surface area contributed by atoms with Crippen LogP contribution in [0.25, 0.3) is 0 Å². The number of para-hydroxylation sites is 1. The zero-order chi connectivity index (χ0) is 19.2. The molecule has 4 nitrogen and oxygen atoms in total. The molecule has 0 aromatic heterocycles. The number of nitrogens with zero attached hydrogens (tertiary/aromatic N) is 1. The van der Waals surface area contributed by atoms with E-state index in [9.17, 15) is 13.6 Å². The van der Waals surface area contributed by atoms with Gasteiger partial charge in [-0.1, -0.05) is 52.0 Å². The molecule has 0 bridgehead atoms. The van der Waals surface area contributed by atoms with E-state index in [2.05, 4.69) is 21.2 Å². The highest BCUT2D eigenvalue weighted by Gasteiger charge is 2.24. The fourth-order valence-corrected chi connectivity index (χ4v) is 3.93. The van der Waals surface area contributed by atoms with Gasteiger partial charge in [0.05, 0.1) is 24.9 Å². The van der Waals surface area contributed by atoms with Crippen LogP contribution in [0.5, 0.6) is 0 Å². The summed E-state index contributed by atoms with van der Waals surface area (Å²) in [6, 6.07) is 14.5. The van der Waals surface area contributed by atoms with Gasteiger partial charge in [0.15, 0.2) is 0 Å². The van der Waals surface area contributed by atoms with Crippen molar-refractivity contribution in [1.29, 1.82) is 0 Å². The highest BCUT2D eigenvalue weighted by atomic mass is 79.9. The standard InChI is InChI=1S/C19H19BrF2N2O2S/c20-14-5-3-4-13(10-14)16-11-24(8-9-26-16)12-18(25)23-15-6-1-2-7-17(15)27-19(21)22/h1-7,10,16,19H,8-9,11-12H2,(H,23,25). The van der Waals surface area contributed by atoms with Crippen molar-refractivity contribution in [1.82, 2.24) is 4.90 Å². The molecule has 3 rings (SSSR count). The molecule has 0 aliphatic carbocycles. The van der Waals surface area contributed by atoms with Crippen LogP contribution in [0.4, 0.5) is 14.5 Å². The lowest BCUT2D eigenvalue weighted by atomic mass is 10.1. The van der Waals surface area contributed by atoms with Crippen molar-refractivity contribution in [3.8, 4) is 0 Å². The second-order valence-corrected chi connectivity index (χ2v) is 8.02. The fourth-order valence-electron chi connectivity index (χ4n) is 2.92. The average Bonchev–Trinajstić information content (AvgIpc) is 2.63. The third kappa shape index (κ3) is 6.00. The van der Waals surface area contributed by atoms with Crippen molar-refractivity contribution in [3.05, 3.63) is 58.6 Å². The number of anilines is 1. The molecule has 1 atom stereocenters. The smallest absolute Gasteiger partial charge is 0.288 e. The quantitative estimate of drug-likeness (QED) is 0.635. The first-order chi connectivity index (χ1) is 13.0. The summed E-state index contributed by atoms with van der Waals surface area (Å²) in [7, 11) is 0. The highest BCUT2D eigenvalue weighted by Crippen LogP contribution is 2.31. The molecular weight excluding hydrogens is 438 g/mol. The Bertz CT molecular complexity index is 794. The van der Waals surface area contributed by atoms with Gasteiger partial charge in [-0.2, -0.15) is 8.78 Å². The monoisotopic (exact) mass is 456 g/mol. The van der Waals surface area contributed by atoms with Crippen molar-refractivity contribution in [2.24, 2.45) is 0 Å². The van der Waals surface area contributed by atoms with Gasteiger partial charge >= 0.3 is 0 Å². The van der Waals surface area contributed by atoms with Crippen LogP contribution in [0.3, 0.4) is 0 Å². The number of alkyl halides is 2. The van der Waals surface area contributed by atoms with Gasteiger partial charge in [-0.25, -0.2) is 0 Å². The van der Waals surface area contributed by atoms with Gasteiger partial charge in [0, 0.05) is 22.5 Å². The number of halogens is 3. The molecular formula is C19H19BrF2N2O2S. The van der Waals surface area contributed by atoms with Gasteiger partial charge in [-0.05, 0) is 29.8 Å². The minimum Gasteiger partial charge on any atom is -0.371 e. The molecule has 2 aromatic carbocycles. The van der Waals surface area contributed by atoms with E-state index in [1.807, 2.05) is 29.2 Å². The number of hydrogen-bond acceptors (Lipinski definition) is 4. The molecule has 1 aliphatic heterocycles. The molecule has 1 aliphatic rings. The Morgan fingerprint density at radius 2 is 2.11 bits per heavy atom. The SMILES string of the molecule is O=C(CN1CCOC(c2cccc(Br)c2)C1)Nc1ccccc1SC(F)F. The molecule has 2 aromatic rings. The third-order valence-corrected chi connectivity index (χ3v) is 5.40. The molecule has 1 N–H and O–H groups in total. The number of carbonyl (C=O) groups is 1. The van der Waals surface area contributed by atoms with Crippen LogP contribution in [0.1, 0.15) is 11.7 Å². The maximum atomic E-state index is 12.7. The van der Waals surface area contributed by atoms with Gasteiger partial charge in [0.25, 0.3) is 5.76 Å². The Kier molecular flexibility index (Phi) is 7.23. The summed E-state index contributed by atoms with van der Waals surface area (Å²) in [6.45, 7) is 1.95. The lowest BCUT2D eigenvalue weighted by Gasteiger charge is -2.32. The predicted molar refractivity (Wildman–Crippen MR) is 106 cm³/mol. The summed E-state index contributed by atoms with van der Waals surface area (Å²) < 4.78 is 32.1. The van der Waals surface area contributed by atoms with Gasteiger partial charge < -0.3 is 10.1 Å². The van der Waals surface area contributed by atoms with Gasteiger partial charge in [-0.3, -0.25) is 9.69 Å². The number of thioether (sulfide) groups is 1. The van der Waals surface area contributed by atoms with E-state index in [4.69, 9.17) is 4.74 Å². The Morgan fingerprint density at radius 3 is 2.89 bits per heavy atom. The van der Waals surface area contributed by atoms with E-state index < -0.39 is 5.76 Å². The van der Waals surface area contributed by atoms with Crippen LogP contribution in [-0.2, 0) is 9.53 Å². The van der Waals surface area contributed by atoms with Crippen LogP contribution in [0, 0.1) is 0 Å². The van der Waals surface area contributed by atoms with Crippen LogP contribution < -0.4 is 5.32 Å². The molecule has 1 unspecified atom stereocenters. The summed E-state index contributed by atoms with van der Waals surface area (Å²) in [5.74, 6) is -2.76. The maximum Gasteiger partial charge on any atom is 0.288 e. The molecule has 0 spiro atoms. The number of ether oxygens (including phenoxy) is 1. The van der Waals surface area contributed by atoms with Crippen molar-refractivity contribution in [3.63, 3.8) is 0 Å². The number of carbonyl (C=O) groups excluding carboxylic acids is 1. The topological polar surface area (TPSA) is 41.6 Å². The molecule has 1 fully saturated rings. The lowest BCUT2D eigenvalue weighted by Crippen LogP contribution is -2.42. The van der Waals surface area contributed by atoms with E-state index in [0.29, 0.717) is 42.0 Å². The first kappa shape index (κ1) is 20.3. The molecule has 0 saturated carbocycles. The number of amides is 1. The molecule has 144 valence electrons. The van der Waals surface area contributed by atoms with Crippen LogP contribution >= 0.6 is 27.7 Å². The summed E-state index contributed by atoms with van der Waals surface area (Å²) in [4.78, 5) is 14.8. The van der Waals surface area contributed by atoms with Gasteiger partial charge in [0.1, 0.15) is 0 Å². The zero-order valence-corrected chi connectivity index (χ0v) is 16.8. The summed E-state index contributed by atoms with van der Waals surface area (Å²) in [5.41, 5.74) is 1.46. The Labute approximate surface area is 169 Å². The Balaban J connectivity index is 1.59. The minimum absolute atomic E-state index is 0.106. The van der Waals surface area contributed by atoms with Crippen molar-refractivity contribution >= 4 is 39.3 Å². The van der Waals surface area contributed by atoms with E-state index >= 15 is 0 Å². The van der Waals surface area contributed by atoms with Crippen LogP contribution in [-0.4, -0.2) is 42.8 Å². The van der Waals surface area contributed by atoms with Crippen molar-refractivity contribution in [2.45, 2.75) is 16.8 Å². The molecule has 1 heterocycles. The summed E-state index contributed by atoms with van der Waals surface area (Å²) in [6.07, 6.45) is -0.106. The number of benzene rings is 2. The number of hydrogen-bond donors (Lipinski definition) is 1. The molecule has 0 radical (unpaired) electrons. The van der Waals surface area contributed by atoms with E-state index in [0.717, 1.165) is 10.0 Å². The first-order valence-corrected chi connectivity index (χ1v) is 10.1. The van der Waals surface area contributed by atoms with Gasteiger partial charge in [-0.15, -0.1) is 0 Å². The summed E-state index contributed by atoms with van der Waals surface area (Å²) in [5, 5.41) is 2.74. The largest absolute Gasteiger partial charge is 0.371 e. The normalized spacial score (nSPS) is 17.9. The lowest BCUT2D eigenvalue weighted by molar-refractivity contribution is -0.119. The second kappa shape index (κ2) is 9.64. The number of nitrogens with one attached hydrogen (secondary N) is 1. The Morgan fingerprint density at radius 1 is 1.30 bits per heavy atom. The van der Waals surface area contributed by atoms with E-state index in [-0.39, 0.29) is 18.6 Å². The van der Waals surface area contributed by atoms with Crippen LogP contribution in [0.15, 0.2) is 57.9 Å². The highest BCUT2D eigenvalue weighted by molar-refractivity contribution is 9.10. The minimum atomic E-state index is -2.53. The zero-order valence-electron chi connectivity index (χ0n) is 14.4. The predicted octanol–water partition coefficient (Wildman–Crippen LogP) is 4.78. The van der Waals surface area contributed by atoms with Gasteiger partial charge in [0.2, 0.25) is 5.91 Å². The van der Waals surface area contributed by atoms with Crippen molar-refractivity contribution < 1.29 is 18.3 Å². The molecule has 8 heteroatoms. The summed E-state index contributed by atoms with van der Waals surface area (Å²) >= 11 is 3.88. The maximum absolute atomic E-state index is 12.7. The first-order valence-electron chi connectivity index (χ1n) is 8.44. The fraction of sp³-hybridized carbons (Fsp3) is 0.316. The molecule has 1 amide bonds. The third-order valence-electron chi connectivity index (χ3n) is 4.12.